The smallest absolute Gasteiger partial charge is 0.293 e. The molecule has 3 aromatic rings. The Bertz CT molecular complexity index is 1120. The number of benzene rings is 2. The van der Waals surface area contributed by atoms with Gasteiger partial charge in [-0.2, -0.15) is 0 Å². The van der Waals surface area contributed by atoms with Crippen LogP contribution in [0, 0.1) is 24.0 Å². The first-order chi connectivity index (χ1) is 13.7. The van der Waals surface area contributed by atoms with Crippen LogP contribution in [0.1, 0.15) is 21.7 Å². The normalized spacial score (nSPS) is 10.4. The lowest BCUT2D eigenvalue weighted by Gasteiger charge is -2.12. The number of aromatic hydroxyl groups is 1. The molecule has 0 aliphatic carbocycles. The van der Waals surface area contributed by atoms with Crippen molar-refractivity contribution >= 4 is 34.6 Å². The minimum absolute atomic E-state index is 0.00987. The molecule has 9 heteroatoms. The predicted molar refractivity (Wildman–Crippen MR) is 112 cm³/mol. The van der Waals surface area contributed by atoms with E-state index in [0.717, 1.165) is 11.1 Å². The van der Waals surface area contributed by atoms with Gasteiger partial charge in [0.2, 0.25) is 0 Å². The van der Waals surface area contributed by atoms with E-state index in [9.17, 15) is 20.0 Å². The minimum atomic E-state index is -0.595. The molecule has 0 radical (unpaired) electrons. The number of nitrogens with zero attached hydrogens (tertiary/aromatic N) is 1. The van der Waals surface area contributed by atoms with Crippen molar-refractivity contribution in [1.82, 2.24) is 5.32 Å². The van der Waals surface area contributed by atoms with E-state index in [1.165, 1.54) is 24.3 Å². The Labute approximate surface area is 171 Å². The Morgan fingerprint density at radius 2 is 1.86 bits per heavy atom. The second kappa shape index (κ2) is 8.11. The van der Waals surface area contributed by atoms with Crippen LogP contribution in [0.2, 0.25) is 0 Å². The topological polar surface area (TPSA) is 118 Å². The van der Waals surface area contributed by atoms with Crippen LogP contribution in [0.4, 0.5) is 11.4 Å². The fourth-order valence-electron chi connectivity index (χ4n) is 2.61. The van der Waals surface area contributed by atoms with Crippen LogP contribution < -0.4 is 10.6 Å². The van der Waals surface area contributed by atoms with Crippen LogP contribution in [-0.4, -0.2) is 21.0 Å². The molecule has 8 nitrogen and oxygen atoms in total. The van der Waals surface area contributed by atoms with Gasteiger partial charge in [0.05, 0.1) is 10.6 Å². The molecule has 0 saturated carbocycles. The molecule has 0 fully saturated rings. The van der Waals surface area contributed by atoms with Gasteiger partial charge in [-0.3, -0.25) is 20.2 Å². The minimum Gasteiger partial charge on any atom is -0.506 e. The van der Waals surface area contributed by atoms with Gasteiger partial charge in [-0.15, -0.1) is 0 Å². The van der Waals surface area contributed by atoms with Crippen LogP contribution in [0.5, 0.6) is 5.75 Å². The van der Waals surface area contributed by atoms with E-state index in [2.05, 4.69) is 10.6 Å². The van der Waals surface area contributed by atoms with Crippen molar-refractivity contribution in [3.63, 3.8) is 0 Å². The molecule has 1 aromatic heterocycles. The third kappa shape index (κ3) is 4.58. The lowest BCUT2D eigenvalue weighted by Crippen LogP contribution is -2.33. The van der Waals surface area contributed by atoms with Crippen LogP contribution in [0.15, 0.2) is 52.9 Å². The van der Waals surface area contributed by atoms with Crippen LogP contribution in [-0.2, 0) is 0 Å². The molecule has 0 atom stereocenters. The third-order valence-corrected chi connectivity index (χ3v) is 4.46. The number of thiocarbonyl (C=S) groups is 1. The molecule has 0 bridgehead atoms. The molecule has 0 aliphatic heterocycles. The Hall–Kier alpha value is -3.72. The Morgan fingerprint density at radius 3 is 2.59 bits per heavy atom. The number of anilines is 1. The second-order valence-electron chi connectivity index (χ2n) is 6.33. The van der Waals surface area contributed by atoms with Gasteiger partial charge in [0.1, 0.15) is 11.5 Å². The molecular weight excluding hydrogens is 394 g/mol. The Kier molecular flexibility index (Phi) is 5.60. The maximum Gasteiger partial charge on any atom is 0.293 e. The first kappa shape index (κ1) is 20.0. The number of carbonyl (C=O) groups excluding carboxylic acids is 1. The molecule has 0 saturated heterocycles. The predicted octanol–water partition coefficient (Wildman–Crippen LogP) is 4.30. The second-order valence-corrected chi connectivity index (χ2v) is 6.74. The summed E-state index contributed by atoms with van der Waals surface area (Å²) in [5.74, 6) is -0.289. The highest BCUT2D eigenvalue weighted by atomic mass is 32.1. The Morgan fingerprint density at radius 1 is 1.14 bits per heavy atom. The molecule has 148 valence electrons. The van der Waals surface area contributed by atoms with E-state index >= 15 is 0 Å². The number of nitro benzene ring substituents is 1. The monoisotopic (exact) mass is 411 g/mol. The van der Waals surface area contributed by atoms with E-state index in [0.29, 0.717) is 17.0 Å². The highest BCUT2D eigenvalue weighted by molar-refractivity contribution is 7.80. The largest absolute Gasteiger partial charge is 0.506 e. The van der Waals surface area contributed by atoms with Gasteiger partial charge in [0.25, 0.3) is 11.6 Å². The molecule has 1 heterocycles. The number of nitro groups is 1. The molecule has 1 amide bonds. The molecule has 3 N–H and O–H groups in total. The summed E-state index contributed by atoms with van der Waals surface area (Å²) in [6.07, 6.45) is 0. The van der Waals surface area contributed by atoms with Crippen molar-refractivity contribution in [1.29, 1.82) is 0 Å². The summed E-state index contributed by atoms with van der Waals surface area (Å²) in [5.41, 5.74) is 2.64. The zero-order valence-electron chi connectivity index (χ0n) is 15.6. The third-order valence-electron chi connectivity index (χ3n) is 4.26. The number of hydrogen-bond donors (Lipinski definition) is 3. The van der Waals surface area contributed by atoms with Crippen molar-refractivity contribution in [2.24, 2.45) is 0 Å². The van der Waals surface area contributed by atoms with Gasteiger partial charge in [0.15, 0.2) is 10.9 Å². The van der Waals surface area contributed by atoms with Gasteiger partial charge in [-0.25, -0.2) is 0 Å². The summed E-state index contributed by atoms with van der Waals surface area (Å²) in [5, 5.41) is 26.1. The van der Waals surface area contributed by atoms with E-state index < -0.39 is 10.8 Å². The zero-order chi connectivity index (χ0) is 21.1. The first-order valence-corrected chi connectivity index (χ1v) is 8.92. The number of non-ortho nitro benzene ring substituents is 1. The number of rotatable bonds is 4. The lowest BCUT2D eigenvalue weighted by atomic mass is 10.1. The highest BCUT2D eigenvalue weighted by Crippen LogP contribution is 2.27. The van der Waals surface area contributed by atoms with Crippen molar-refractivity contribution in [3.05, 3.63) is 75.5 Å². The summed E-state index contributed by atoms with van der Waals surface area (Å²) in [6.45, 7) is 3.76. The number of hydrogen-bond acceptors (Lipinski definition) is 6. The highest BCUT2D eigenvalue weighted by Gasteiger charge is 2.16. The average molecular weight is 411 g/mol. The van der Waals surface area contributed by atoms with Crippen molar-refractivity contribution in [2.75, 3.05) is 5.32 Å². The van der Waals surface area contributed by atoms with E-state index in [-0.39, 0.29) is 22.3 Å². The quantitative estimate of drug-likeness (QED) is 0.253. The molecule has 3 rings (SSSR count). The number of aryl methyl sites for hydroxylation is 2. The van der Waals surface area contributed by atoms with Crippen LogP contribution in [0.25, 0.3) is 11.3 Å². The summed E-state index contributed by atoms with van der Waals surface area (Å²) < 4.78 is 5.50. The molecule has 0 unspecified atom stereocenters. The van der Waals surface area contributed by atoms with Crippen molar-refractivity contribution < 1.29 is 19.2 Å². The molecule has 0 aliphatic rings. The standard InChI is InChI=1S/C20H17N3O5S/c1-11-8-15(16(24)9-12(11)2)21-20(29)22-19(25)18-7-6-17(28-18)13-4-3-5-14(10-13)23(26)27/h3-10,24H,1-2H3,(H2,21,22,25,29). The number of phenols is 1. The molecule has 2 aromatic carbocycles. The first-order valence-electron chi connectivity index (χ1n) is 8.52. The van der Waals surface area contributed by atoms with Gasteiger partial charge >= 0.3 is 0 Å². The average Bonchev–Trinajstić information content (AvgIpc) is 3.16. The number of amides is 1. The van der Waals surface area contributed by atoms with Gasteiger partial charge in [0, 0.05) is 17.7 Å². The van der Waals surface area contributed by atoms with Gasteiger partial charge in [-0.1, -0.05) is 12.1 Å². The lowest BCUT2D eigenvalue weighted by molar-refractivity contribution is -0.384. The fraction of sp³-hybridized carbons (Fsp3) is 0.100. The maximum absolute atomic E-state index is 12.4. The summed E-state index contributed by atoms with van der Waals surface area (Å²) in [6, 6.07) is 12.2. The zero-order valence-corrected chi connectivity index (χ0v) is 16.4. The number of nitrogens with one attached hydrogen (secondary N) is 2. The van der Waals surface area contributed by atoms with E-state index in [1.807, 2.05) is 13.8 Å². The SMILES string of the molecule is Cc1cc(O)c(NC(=S)NC(=O)c2ccc(-c3cccc([N+](=O)[O-])c3)o2)cc1C. The maximum atomic E-state index is 12.4. The number of phenolic OH excluding ortho intramolecular Hbond substituents is 1. The van der Waals surface area contributed by atoms with Crippen molar-refractivity contribution in [2.45, 2.75) is 13.8 Å². The molecule has 0 spiro atoms. The number of furan rings is 1. The molecule has 29 heavy (non-hydrogen) atoms. The van der Waals surface area contributed by atoms with E-state index in [1.54, 1.807) is 24.3 Å². The summed E-state index contributed by atoms with van der Waals surface area (Å²) in [4.78, 5) is 22.8. The van der Waals surface area contributed by atoms with E-state index in [4.69, 9.17) is 16.6 Å². The van der Waals surface area contributed by atoms with Crippen molar-refractivity contribution in [3.8, 4) is 17.1 Å². The van der Waals surface area contributed by atoms with Crippen LogP contribution in [0.3, 0.4) is 0 Å². The van der Waals surface area contributed by atoms with Crippen LogP contribution >= 0.6 is 12.2 Å². The summed E-state index contributed by atoms with van der Waals surface area (Å²) >= 11 is 5.12. The fourth-order valence-corrected chi connectivity index (χ4v) is 2.81. The van der Waals surface area contributed by atoms with Gasteiger partial charge < -0.3 is 14.8 Å². The summed E-state index contributed by atoms with van der Waals surface area (Å²) in [7, 11) is 0. The molecular formula is C20H17N3O5S. The number of carbonyl (C=O) groups is 1. The Balaban J connectivity index is 1.70. The van der Waals surface area contributed by atoms with Gasteiger partial charge in [-0.05, 0) is 61.5 Å².